The summed E-state index contributed by atoms with van der Waals surface area (Å²) in [5, 5.41) is 3.95. The number of rotatable bonds is 63. The van der Waals surface area contributed by atoms with E-state index in [0.717, 1.165) is 85.6 Å². The maximum atomic E-state index is 16.1. The lowest BCUT2D eigenvalue weighted by molar-refractivity contribution is -0.362. The number of carbonyl (C=O) groups excluding carboxylic acids is 3. The number of hydrogen-bond donors (Lipinski definition) is 1. The lowest BCUT2D eigenvalue weighted by Gasteiger charge is -2.52. The van der Waals surface area contributed by atoms with Crippen LogP contribution in [0.4, 0.5) is 0 Å². The van der Waals surface area contributed by atoms with Gasteiger partial charge in [-0.05, 0) is 62.9 Å². The van der Waals surface area contributed by atoms with Gasteiger partial charge in [-0.1, -0.05) is 390 Å². The van der Waals surface area contributed by atoms with Crippen molar-refractivity contribution >= 4 is 25.7 Å². The molecule has 0 amide bonds. The molecule has 0 spiro atoms. The zero-order valence-corrected chi connectivity index (χ0v) is 74.4. The second kappa shape index (κ2) is 58.6. The molecular weight excluding hydrogens is 1620 g/mol. The van der Waals surface area contributed by atoms with Gasteiger partial charge in [0.2, 0.25) is 0 Å². The molecule has 10 rings (SSSR count). The Morgan fingerprint density at radius 1 is 0.373 bits per heavy atom. The van der Waals surface area contributed by atoms with Gasteiger partial charge in [-0.25, -0.2) is 4.57 Å². The van der Waals surface area contributed by atoms with Crippen molar-refractivity contribution in [2.45, 2.75) is 300 Å². The van der Waals surface area contributed by atoms with Gasteiger partial charge in [0.05, 0.1) is 66.1 Å². The predicted octanol–water partition coefficient (Wildman–Crippen LogP) is 22.0. The highest BCUT2D eigenvalue weighted by molar-refractivity contribution is 7.47. The Morgan fingerprint density at radius 3 is 1.09 bits per heavy atom. The first-order chi connectivity index (χ1) is 61.9. The van der Waals surface area contributed by atoms with Crippen molar-refractivity contribution in [1.82, 2.24) is 0 Å². The van der Waals surface area contributed by atoms with Crippen LogP contribution in [0.2, 0.25) is 0 Å². The van der Waals surface area contributed by atoms with Crippen LogP contribution < -0.4 is 0 Å². The van der Waals surface area contributed by atoms with Gasteiger partial charge in [0.1, 0.15) is 74.3 Å². The van der Waals surface area contributed by atoms with Gasteiger partial charge < -0.3 is 66.5 Å². The molecule has 126 heavy (non-hydrogen) atoms. The van der Waals surface area contributed by atoms with Crippen LogP contribution in [-0.2, 0) is 142 Å². The number of carbonyl (C=O) groups is 3. The molecule has 0 bridgehead atoms. The number of phosphoric acid groups is 1. The number of phosphoric ester groups is 1. The van der Waals surface area contributed by atoms with E-state index in [-0.39, 0.29) is 72.3 Å². The molecule has 0 radical (unpaired) electrons. The molecule has 23 nitrogen and oxygen atoms in total. The van der Waals surface area contributed by atoms with E-state index in [2.05, 4.69) is 23.9 Å². The molecule has 1 aliphatic carbocycles. The fourth-order valence-electron chi connectivity index (χ4n) is 15.6. The summed E-state index contributed by atoms with van der Waals surface area (Å²) in [4.78, 5) is 58.7. The van der Waals surface area contributed by atoms with Crippen LogP contribution in [0.3, 0.4) is 0 Å². The number of hydrogen-bond acceptors (Lipinski definition) is 20. The van der Waals surface area contributed by atoms with Crippen molar-refractivity contribution in [3.8, 4) is 0 Å². The summed E-state index contributed by atoms with van der Waals surface area (Å²) in [6.07, 6.45) is 6.34. The number of nitrogens with zero attached hydrogens (tertiary/aromatic N) is 3. The van der Waals surface area contributed by atoms with Crippen LogP contribution in [0, 0.1) is 0 Å². The van der Waals surface area contributed by atoms with E-state index in [1.54, 1.807) is 24.3 Å². The first-order valence-corrected chi connectivity index (χ1v) is 47.1. The second-order valence-electron chi connectivity index (χ2n) is 32.5. The predicted molar refractivity (Wildman–Crippen MR) is 482 cm³/mol. The van der Waals surface area contributed by atoms with Crippen molar-refractivity contribution in [3.63, 3.8) is 0 Å². The van der Waals surface area contributed by atoms with Crippen molar-refractivity contribution in [3.05, 3.63) is 298 Å². The van der Waals surface area contributed by atoms with Gasteiger partial charge in [0, 0.05) is 17.8 Å². The summed E-state index contributed by atoms with van der Waals surface area (Å²) in [6.45, 7) is 1.85. The third kappa shape index (κ3) is 36.7. The molecular formula is C102H132N3O20P. The summed E-state index contributed by atoms with van der Waals surface area (Å²) in [5.41, 5.74) is 16.4. The zero-order valence-electron chi connectivity index (χ0n) is 73.5. The van der Waals surface area contributed by atoms with Gasteiger partial charge >= 0.3 is 25.7 Å². The number of unbranched alkanes of at least 4 members (excludes halogenated alkanes) is 20. The average molecular weight is 1750 g/mol. The molecule has 1 saturated heterocycles. The molecule has 1 N–H and O–H groups in total. The topological polar surface area (TPSA) is 276 Å². The lowest BCUT2D eigenvalue weighted by atomic mass is 9.83. The van der Waals surface area contributed by atoms with E-state index in [1.165, 1.54) is 70.6 Å². The molecule has 1 unspecified atom stereocenters. The van der Waals surface area contributed by atoms with Crippen molar-refractivity contribution in [2.75, 3.05) is 26.4 Å². The third-order valence-corrected chi connectivity index (χ3v) is 23.4. The normalized spacial score (nSPS) is 20.3. The van der Waals surface area contributed by atoms with Crippen LogP contribution in [0.25, 0.3) is 10.4 Å². The summed E-state index contributed by atoms with van der Waals surface area (Å²) in [5.74, 6) is -2.14. The SMILES string of the molecule is CCCCCCCCCCCCCC(=O)OC[C@@H](COP(=O)(O)O[C@H]1[C@H](OC[C@@H](N=[N+]=[N-])C(=O)OCc2ccccc2)[C@@H](OCc2ccccc2)[C@H](OCc2ccccc2)[C@@H](OCc2ccccc2)[C@H]1O[C@H]1O[C@H](COCc2ccccc2)[C@@H](OCc2ccccc2)[C@H](OCc2ccccc2)[C@@H]1OCc1ccccc1)OC(=O)CCCCCCCCCCCCC. The van der Waals surface area contributed by atoms with E-state index < -0.39 is 125 Å². The van der Waals surface area contributed by atoms with E-state index in [9.17, 15) is 24.8 Å². The fraction of sp³-hybridized carbons (Fsp3) is 0.500. The molecule has 1 saturated carbocycles. The minimum absolute atomic E-state index is 0.0177. The Bertz CT molecular complexity index is 4330. The van der Waals surface area contributed by atoms with Crippen LogP contribution in [0.15, 0.2) is 248 Å². The molecule has 24 heteroatoms. The number of ether oxygens (including phenoxy) is 13. The first kappa shape index (κ1) is 99.4. The van der Waals surface area contributed by atoms with E-state index in [1.807, 2.05) is 218 Å². The number of esters is 3. The van der Waals surface area contributed by atoms with Gasteiger partial charge in [-0.2, -0.15) is 0 Å². The van der Waals surface area contributed by atoms with Crippen LogP contribution in [0.1, 0.15) is 212 Å². The molecule has 1 heterocycles. The first-order valence-electron chi connectivity index (χ1n) is 45.6. The Hall–Kier alpha value is -8.81. The number of benzene rings is 8. The van der Waals surface area contributed by atoms with Crippen molar-refractivity contribution in [1.29, 1.82) is 0 Å². The van der Waals surface area contributed by atoms with Gasteiger partial charge in [0.15, 0.2) is 18.4 Å². The average Bonchev–Trinajstić information content (AvgIpc) is 0.747. The molecule has 8 aromatic carbocycles. The quantitative estimate of drug-likeness (QED) is 0.00705. The van der Waals surface area contributed by atoms with Crippen LogP contribution in [-0.4, -0.2) is 129 Å². The van der Waals surface area contributed by atoms with E-state index >= 15 is 4.57 Å². The van der Waals surface area contributed by atoms with Crippen LogP contribution in [0.5, 0.6) is 0 Å². The highest BCUT2D eigenvalue weighted by Gasteiger charge is 2.60. The van der Waals surface area contributed by atoms with Gasteiger partial charge in [0.25, 0.3) is 0 Å². The standard InChI is InChI=1S/C102H132N3O20P/c1-3-5-7-9-11-13-15-17-19-21-47-65-90(106)112-75-87(122-91(107)66-48-22-20-18-16-14-12-10-8-6-4-2)76-121-126(109,110)125-99-97(119-77-88(104-105-103)101(108)120-74-86-63-45-30-46-64-86)95(116-71-83-57-39-27-40-58-83)94(115-70-82-55-37-26-38-56-82)96(117-72-84-59-41-28-42-60-84)98(99)124-102-100(118-73-85-61-43-29-44-62-85)93(114-69-81-53-35-25-36-54-81)92(113-68-80-51-33-24-34-52-80)89(123-102)78-111-67-79-49-31-23-32-50-79/h23-46,49-64,87-89,92-100,102H,3-22,47-48,65-78H2,1-2H3,(H,109,110)/t87-,88+,89+,92+,93-,94-,95-,96+,97+,98+,99-,100-,102+/m0/s1. The van der Waals surface area contributed by atoms with E-state index in [4.69, 9.17) is 70.6 Å². The van der Waals surface area contributed by atoms with Gasteiger partial charge in [-0.15, -0.1) is 0 Å². The van der Waals surface area contributed by atoms with Crippen LogP contribution >= 0.6 is 7.82 Å². The Kier molecular flexibility index (Phi) is 46.2. The summed E-state index contributed by atoms with van der Waals surface area (Å²) in [6, 6.07) is 73.8. The maximum Gasteiger partial charge on any atom is 0.472 e. The second-order valence-corrected chi connectivity index (χ2v) is 33.9. The minimum atomic E-state index is -5.72. The maximum absolute atomic E-state index is 16.1. The third-order valence-electron chi connectivity index (χ3n) is 22.4. The Labute approximate surface area is 745 Å². The Balaban J connectivity index is 1.08. The van der Waals surface area contributed by atoms with E-state index in [0.29, 0.717) is 29.5 Å². The zero-order chi connectivity index (χ0) is 88.1. The largest absolute Gasteiger partial charge is 0.472 e. The molecule has 680 valence electrons. The van der Waals surface area contributed by atoms with Crippen molar-refractivity contribution < 1.29 is 94.5 Å². The highest BCUT2D eigenvalue weighted by atomic mass is 31.2. The van der Waals surface area contributed by atoms with Gasteiger partial charge in [-0.3, -0.25) is 23.4 Å². The minimum Gasteiger partial charge on any atom is -0.462 e. The molecule has 8 aromatic rings. The van der Waals surface area contributed by atoms with Crippen molar-refractivity contribution in [2.24, 2.45) is 5.11 Å². The Morgan fingerprint density at radius 2 is 0.698 bits per heavy atom. The number of azide groups is 1. The monoisotopic (exact) mass is 1750 g/mol. The highest BCUT2D eigenvalue weighted by Crippen LogP contribution is 2.50. The molecule has 0 aromatic heterocycles. The lowest BCUT2D eigenvalue weighted by Crippen LogP contribution is -2.69. The molecule has 1 aliphatic heterocycles. The summed E-state index contributed by atoms with van der Waals surface area (Å²) < 4.78 is 120. The summed E-state index contributed by atoms with van der Waals surface area (Å²) in [7, 11) is -5.72. The summed E-state index contributed by atoms with van der Waals surface area (Å²) >= 11 is 0. The fourth-order valence-corrected chi connectivity index (χ4v) is 16.5. The smallest absolute Gasteiger partial charge is 0.462 e. The molecule has 14 atom stereocenters. The molecule has 2 aliphatic rings. The molecule has 2 fully saturated rings.